The molecule has 1 atom stereocenters. The van der Waals surface area contributed by atoms with E-state index in [0.29, 0.717) is 12.5 Å². The molecule has 5 nitrogen and oxygen atoms in total. The summed E-state index contributed by atoms with van der Waals surface area (Å²) in [7, 11) is 0. The number of carboxylic acid groups (broad SMARTS) is 1. The molecule has 100 valence electrons. The van der Waals surface area contributed by atoms with E-state index in [2.05, 4.69) is 16.6 Å². The van der Waals surface area contributed by atoms with E-state index in [0.717, 1.165) is 12.8 Å². The van der Waals surface area contributed by atoms with E-state index in [9.17, 15) is 9.59 Å². The zero-order valence-electron chi connectivity index (χ0n) is 10.4. The van der Waals surface area contributed by atoms with Crippen LogP contribution in [0.5, 0.6) is 0 Å². The molecule has 0 saturated heterocycles. The smallest absolute Gasteiger partial charge is 0.327 e. The van der Waals surface area contributed by atoms with Crippen LogP contribution in [0, 0.1) is 18.3 Å². The Balaban J connectivity index is 2.27. The molecular weight excluding hydrogens is 232 g/mol. The minimum atomic E-state index is -1.11. The SMILES string of the molecule is C#CCC(NC(=O)NCC1CCCCC1)C(=O)O. The van der Waals surface area contributed by atoms with Gasteiger partial charge in [0.15, 0.2) is 0 Å². The first-order valence-electron chi connectivity index (χ1n) is 6.34. The molecular formula is C13H20N2O3. The highest BCUT2D eigenvalue weighted by molar-refractivity contribution is 5.82. The maximum atomic E-state index is 11.5. The molecule has 0 aliphatic heterocycles. The van der Waals surface area contributed by atoms with Crippen molar-refractivity contribution in [3.05, 3.63) is 0 Å². The average molecular weight is 252 g/mol. The number of rotatable bonds is 5. The van der Waals surface area contributed by atoms with Gasteiger partial charge in [-0.3, -0.25) is 0 Å². The molecule has 1 aliphatic carbocycles. The second kappa shape index (κ2) is 7.59. The second-order valence-corrected chi connectivity index (χ2v) is 4.66. The van der Waals surface area contributed by atoms with Gasteiger partial charge in [-0.2, -0.15) is 0 Å². The maximum absolute atomic E-state index is 11.5. The highest BCUT2D eigenvalue weighted by atomic mass is 16.4. The molecule has 0 radical (unpaired) electrons. The molecule has 0 bridgehead atoms. The van der Waals surface area contributed by atoms with Crippen molar-refractivity contribution < 1.29 is 14.7 Å². The van der Waals surface area contributed by atoms with Gasteiger partial charge in [-0.25, -0.2) is 9.59 Å². The molecule has 1 aliphatic rings. The topological polar surface area (TPSA) is 78.4 Å². The average Bonchev–Trinajstić information content (AvgIpc) is 2.37. The van der Waals surface area contributed by atoms with Crippen molar-refractivity contribution in [3.8, 4) is 12.3 Å². The lowest BCUT2D eigenvalue weighted by Crippen LogP contribution is -2.47. The normalized spacial score (nSPS) is 17.5. The Morgan fingerprint density at radius 1 is 1.33 bits per heavy atom. The number of amides is 2. The Morgan fingerprint density at radius 3 is 2.56 bits per heavy atom. The fraction of sp³-hybridized carbons (Fsp3) is 0.692. The van der Waals surface area contributed by atoms with Crippen LogP contribution in [-0.4, -0.2) is 29.7 Å². The molecule has 3 N–H and O–H groups in total. The number of terminal acetylenes is 1. The van der Waals surface area contributed by atoms with Crippen molar-refractivity contribution in [1.29, 1.82) is 0 Å². The molecule has 1 saturated carbocycles. The van der Waals surface area contributed by atoms with Gasteiger partial charge in [0.05, 0.1) is 0 Å². The first kappa shape index (κ1) is 14.4. The Kier molecular flexibility index (Phi) is 6.06. The van der Waals surface area contributed by atoms with Gasteiger partial charge < -0.3 is 15.7 Å². The standard InChI is InChI=1S/C13H20N2O3/c1-2-6-11(12(16)17)15-13(18)14-9-10-7-4-3-5-8-10/h1,10-11H,3-9H2,(H,16,17)(H2,14,15,18). The van der Waals surface area contributed by atoms with E-state index < -0.39 is 18.0 Å². The number of carbonyl (C=O) groups is 2. The predicted octanol–water partition coefficient (Wildman–Crippen LogP) is 1.34. The highest BCUT2D eigenvalue weighted by Crippen LogP contribution is 2.22. The quantitative estimate of drug-likeness (QED) is 0.646. The summed E-state index contributed by atoms with van der Waals surface area (Å²) in [5, 5.41) is 13.9. The minimum Gasteiger partial charge on any atom is -0.480 e. The fourth-order valence-electron chi connectivity index (χ4n) is 2.16. The monoisotopic (exact) mass is 252 g/mol. The molecule has 0 aromatic rings. The van der Waals surface area contributed by atoms with Gasteiger partial charge in [0, 0.05) is 13.0 Å². The Bertz CT molecular complexity index is 330. The number of hydrogen-bond acceptors (Lipinski definition) is 2. The van der Waals surface area contributed by atoms with Crippen LogP contribution >= 0.6 is 0 Å². The van der Waals surface area contributed by atoms with Crippen LogP contribution in [0.2, 0.25) is 0 Å². The van der Waals surface area contributed by atoms with Crippen LogP contribution in [-0.2, 0) is 4.79 Å². The van der Waals surface area contributed by atoms with Gasteiger partial charge in [-0.05, 0) is 18.8 Å². The molecule has 1 rings (SSSR count). The number of carbonyl (C=O) groups excluding carboxylic acids is 1. The van der Waals surface area contributed by atoms with Gasteiger partial charge in [-0.15, -0.1) is 12.3 Å². The van der Waals surface area contributed by atoms with Crippen LogP contribution in [0.1, 0.15) is 38.5 Å². The second-order valence-electron chi connectivity index (χ2n) is 4.66. The van der Waals surface area contributed by atoms with Gasteiger partial charge in [-0.1, -0.05) is 19.3 Å². The summed E-state index contributed by atoms with van der Waals surface area (Å²) >= 11 is 0. The molecule has 1 unspecified atom stereocenters. The predicted molar refractivity (Wildman–Crippen MR) is 68.0 cm³/mol. The van der Waals surface area contributed by atoms with Crippen LogP contribution in [0.15, 0.2) is 0 Å². The van der Waals surface area contributed by atoms with E-state index in [-0.39, 0.29) is 6.42 Å². The lowest BCUT2D eigenvalue weighted by Gasteiger charge is -2.22. The Morgan fingerprint density at radius 2 is 2.00 bits per heavy atom. The third kappa shape index (κ3) is 5.09. The van der Waals surface area contributed by atoms with Crippen LogP contribution < -0.4 is 10.6 Å². The number of nitrogens with one attached hydrogen (secondary N) is 2. The fourth-order valence-corrected chi connectivity index (χ4v) is 2.16. The van der Waals surface area contributed by atoms with Crippen molar-refractivity contribution in [1.82, 2.24) is 10.6 Å². The molecule has 18 heavy (non-hydrogen) atoms. The number of urea groups is 1. The van der Waals surface area contributed by atoms with Gasteiger partial charge in [0.1, 0.15) is 6.04 Å². The van der Waals surface area contributed by atoms with Gasteiger partial charge in [0.25, 0.3) is 0 Å². The zero-order chi connectivity index (χ0) is 13.4. The Labute approximate surface area is 107 Å². The summed E-state index contributed by atoms with van der Waals surface area (Å²) in [4.78, 5) is 22.3. The first-order valence-corrected chi connectivity index (χ1v) is 6.34. The molecule has 0 spiro atoms. The highest BCUT2D eigenvalue weighted by Gasteiger charge is 2.19. The van der Waals surface area contributed by atoms with E-state index in [4.69, 9.17) is 11.5 Å². The number of hydrogen-bond donors (Lipinski definition) is 3. The summed E-state index contributed by atoms with van der Waals surface area (Å²) in [6.45, 7) is 0.605. The van der Waals surface area contributed by atoms with Crippen molar-refractivity contribution in [2.45, 2.75) is 44.6 Å². The van der Waals surface area contributed by atoms with Crippen LogP contribution in [0.25, 0.3) is 0 Å². The van der Waals surface area contributed by atoms with Gasteiger partial charge >= 0.3 is 12.0 Å². The minimum absolute atomic E-state index is 0.00776. The molecule has 1 fully saturated rings. The van der Waals surface area contributed by atoms with Crippen molar-refractivity contribution in [2.75, 3.05) is 6.54 Å². The first-order chi connectivity index (χ1) is 8.63. The van der Waals surface area contributed by atoms with Crippen molar-refractivity contribution in [3.63, 3.8) is 0 Å². The largest absolute Gasteiger partial charge is 0.480 e. The van der Waals surface area contributed by atoms with E-state index >= 15 is 0 Å². The maximum Gasteiger partial charge on any atom is 0.327 e. The summed E-state index contributed by atoms with van der Waals surface area (Å²) in [5.74, 6) is 1.64. The lowest BCUT2D eigenvalue weighted by molar-refractivity contribution is -0.139. The summed E-state index contributed by atoms with van der Waals surface area (Å²) in [5.41, 5.74) is 0. The van der Waals surface area contributed by atoms with E-state index in [1.165, 1.54) is 19.3 Å². The van der Waals surface area contributed by atoms with Gasteiger partial charge in [0.2, 0.25) is 0 Å². The van der Waals surface area contributed by atoms with Crippen LogP contribution in [0.3, 0.4) is 0 Å². The summed E-state index contributed by atoms with van der Waals surface area (Å²) in [6.07, 6.45) is 11.0. The van der Waals surface area contributed by atoms with Crippen molar-refractivity contribution >= 4 is 12.0 Å². The third-order valence-electron chi connectivity index (χ3n) is 3.20. The number of carboxylic acids is 1. The lowest BCUT2D eigenvalue weighted by atomic mass is 9.89. The third-order valence-corrected chi connectivity index (χ3v) is 3.20. The summed E-state index contributed by atoms with van der Waals surface area (Å²) < 4.78 is 0. The molecule has 0 aromatic carbocycles. The Hall–Kier alpha value is -1.70. The summed E-state index contributed by atoms with van der Waals surface area (Å²) in [6, 6.07) is -1.47. The van der Waals surface area contributed by atoms with Crippen LogP contribution in [0.4, 0.5) is 4.79 Å². The van der Waals surface area contributed by atoms with E-state index in [1.807, 2.05) is 0 Å². The zero-order valence-corrected chi connectivity index (χ0v) is 10.4. The number of aliphatic carboxylic acids is 1. The molecule has 0 heterocycles. The molecule has 0 aromatic heterocycles. The van der Waals surface area contributed by atoms with Crippen molar-refractivity contribution in [2.24, 2.45) is 5.92 Å². The van der Waals surface area contributed by atoms with E-state index in [1.54, 1.807) is 0 Å². The molecule has 5 heteroatoms. The molecule has 2 amide bonds.